The minimum atomic E-state index is -0.206. The highest BCUT2D eigenvalue weighted by molar-refractivity contribution is 7.98. The van der Waals surface area contributed by atoms with Crippen LogP contribution in [-0.4, -0.2) is 15.8 Å². The van der Waals surface area contributed by atoms with E-state index in [0.29, 0.717) is 17.4 Å². The fourth-order valence-electron chi connectivity index (χ4n) is 4.44. The molecule has 3 aromatic rings. The number of carbonyl (C=O) groups is 1. The molecule has 0 bridgehead atoms. The van der Waals surface area contributed by atoms with E-state index in [2.05, 4.69) is 42.3 Å². The molecule has 2 aliphatic rings. The van der Waals surface area contributed by atoms with Gasteiger partial charge in [0.25, 0.3) is 0 Å². The molecule has 0 spiro atoms. The molecule has 1 aromatic carbocycles. The third kappa shape index (κ3) is 3.88. The van der Waals surface area contributed by atoms with Gasteiger partial charge in [0.1, 0.15) is 11.6 Å². The summed E-state index contributed by atoms with van der Waals surface area (Å²) in [4.78, 5) is 23.8. The second kappa shape index (κ2) is 7.80. The molecule has 5 nitrogen and oxygen atoms in total. The number of rotatable bonds is 4. The van der Waals surface area contributed by atoms with Gasteiger partial charge in [0.05, 0.1) is 5.92 Å². The van der Waals surface area contributed by atoms with Crippen LogP contribution in [0.5, 0.6) is 0 Å². The molecular weight excluding hydrogens is 424 g/mol. The number of hydrogen-bond donors (Lipinski definition) is 2. The van der Waals surface area contributed by atoms with Gasteiger partial charge in [0.2, 0.25) is 0 Å². The monoisotopic (exact) mass is 448 g/mol. The minimum absolute atomic E-state index is 0.0795. The fourth-order valence-corrected chi connectivity index (χ4v) is 6.09. The zero-order chi connectivity index (χ0) is 21.6. The quantitative estimate of drug-likeness (QED) is 0.399. The van der Waals surface area contributed by atoms with Crippen molar-refractivity contribution in [2.45, 2.75) is 43.5 Å². The van der Waals surface area contributed by atoms with E-state index < -0.39 is 0 Å². The van der Waals surface area contributed by atoms with Crippen LogP contribution in [0.3, 0.4) is 0 Å². The maximum Gasteiger partial charge on any atom is 0.191 e. The number of nitrogen functional groups attached to an aromatic ring is 1. The number of thiophene rings is 1. The van der Waals surface area contributed by atoms with E-state index in [1.165, 1.54) is 5.56 Å². The van der Waals surface area contributed by atoms with E-state index in [9.17, 15) is 4.79 Å². The SMILES string of the molecule is CC1(C)CC(=O)C2=C(C1)Nc1nc(SCc3ccccc3)nc(N)c1C2c1cccs1. The molecule has 5 rings (SSSR count). The zero-order valence-corrected chi connectivity index (χ0v) is 19.1. The number of thioether (sulfide) groups is 1. The van der Waals surface area contributed by atoms with Crippen molar-refractivity contribution in [1.82, 2.24) is 9.97 Å². The van der Waals surface area contributed by atoms with Crippen molar-refractivity contribution in [2.75, 3.05) is 11.1 Å². The number of anilines is 2. The molecule has 1 aliphatic carbocycles. The average molecular weight is 449 g/mol. The molecule has 31 heavy (non-hydrogen) atoms. The number of carbonyl (C=O) groups excluding carboxylic acids is 1. The Morgan fingerprint density at radius 1 is 1.16 bits per heavy atom. The van der Waals surface area contributed by atoms with Crippen molar-refractivity contribution in [2.24, 2.45) is 5.41 Å². The van der Waals surface area contributed by atoms with Gasteiger partial charge in [-0.25, -0.2) is 9.97 Å². The Kier molecular flexibility index (Phi) is 5.10. The lowest BCUT2D eigenvalue weighted by molar-refractivity contribution is -0.118. The molecule has 1 aliphatic heterocycles. The molecular formula is C24H24N4OS2. The molecule has 0 amide bonds. The van der Waals surface area contributed by atoms with E-state index >= 15 is 0 Å². The zero-order valence-electron chi connectivity index (χ0n) is 17.5. The number of fused-ring (bicyclic) bond motifs is 1. The van der Waals surface area contributed by atoms with Crippen LogP contribution < -0.4 is 11.1 Å². The molecule has 0 saturated heterocycles. The summed E-state index contributed by atoms with van der Waals surface area (Å²) in [5.74, 6) is 1.92. The topological polar surface area (TPSA) is 80.9 Å². The summed E-state index contributed by atoms with van der Waals surface area (Å²) in [5.41, 5.74) is 10.2. The van der Waals surface area contributed by atoms with E-state index in [0.717, 1.165) is 39.7 Å². The Labute approximate surface area is 190 Å². The molecule has 2 aromatic heterocycles. The third-order valence-electron chi connectivity index (χ3n) is 5.76. The Balaban J connectivity index is 1.56. The van der Waals surface area contributed by atoms with Gasteiger partial charge < -0.3 is 11.1 Å². The van der Waals surface area contributed by atoms with Crippen molar-refractivity contribution in [3.05, 3.63) is 75.1 Å². The molecule has 3 N–H and O–H groups in total. The van der Waals surface area contributed by atoms with Crippen LogP contribution in [0.1, 0.15) is 48.6 Å². The van der Waals surface area contributed by atoms with Gasteiger partial charge >= 0.3 is 0 Å². The molecule has 0 fully saturated rings. The van der Waals surface area contributed by atoms with Gasteiger partial charge in [-0.05, 0) is 28.8 Å². The normalized spacial score (nSPS) is 19.5. The van der Waals surface area contributed by atoms with Crippen LogP contribution in [0.2, 0.25) is 0 Å². The van der Waals surface area contributed by atoms with Crippen LogP contribution in [-0.2, 0) is 10.5 Å². The Morgan fingerprint density at radius 3 is 2.71 bits per heavy atom. The van der Waals surface area contributed by atoms with E-state index in [-0.39, 0.29) is 17.1 Å². The van der Waals surface area contributed by atoms with Gasteiger partial charge in [-0.15, -0.1) is 11.3 Å². The summed E-state index contributed by atoms with van der Waals surface area (Å²) in [6, 6.07) is 14.3. The van der Waals surface area contributed by atoms with E-state index in [4.69, 9.17) is 10.7 Å². The fraction of sp³-hybridized carbons (Fsp3) is 0.292. The van der Waals surface area contributed by atoms with Crippen LogP contribution in [0.4, 0.5) is 11.6 Å². The summed E-state index contributed by atoms with van der Waals surface area (Å²) in [6.45, 7) is 4.28. The molecule has 0 radical (unpaired) electrons. The maximum atomic E-state index is 13.2. The molecule has 1 unspecified atom stereocenters. The average Bonchev–Trinajstić information content (AvgIpc) is 3.25. The van der Waals surface area contributed by atoms with Crippen LogP contribution in [0, 0.1) is 5.41 Å². The number of Topliss-reactive ketones (excluding diaryl/α,β-unsaturated/α-hetero) is 1. The molecule has 0 saturated carbocycles. The number of nitrogens with one attached hydrogen (secondary N) is 1. The lowest BCUT2D eigenvalue weighted by Crippen LogP contribution is -2.34. The van der Waals surface area contributed by atoms with Gasteiger partial charge in [-0.1, -0.05) is 62.0 Å². The van der Waals surface area contributed by atoms with Crippen molar-refractivity contribution in [1.29, 1.82) is 0 Å². The first kappa shape index (κ1) is 20.3. The highest BCUT2D eigenvalue weighted by atomic mass is 32.2. The first-order chi connectivity index (χ1) is 14.9. The van der Waals surface area contributed by atoms with Crippen LogP contribution in [0.15, 0.2) is 64.3 Å². The van der Waals surface area contributed by atoms with E-state index in [1.54, 1.807) is 23.1 Å². The predicted molar refractivity (Wildman–Crippen MR) is 127 cm³/mol. The van der Waals surface area contributed by atoms with Crippen molar-refractivity contribution in [3.63, 3.8) is 0 Å². The third-order valence-corrected chi connectivity index (χ3v) is 7.62. The Hall–Kier alpha value is -2.64. The number of aromatic nitrogens is 2. The number of allylic oxidation sites excluding steroid dienone is 2. The number of benzene rings is 1. The van der Waals surface area contributed by atoms with Gasteiger partial charge in [-0.2, -0.15) is 0 Å². The van der Waals surface area contributed by atoms with Crippen LogP contribution >= 0.6 is 23.1 Å². The predicted octanol–water partition coefficient (Wildman–Crippen LogP) is 5.61. The minimum Gasteiger partial charge on any atom is -0.383 e. The van der Waals surface area contributed by atoms with Crippen molar-refractivity contribution in [3.8, 4) is 0 Å². The molecule has 3 heterocycles. The van der Waals surface area contributed by atoms with Gasteiger partial charge in [0.15, 0.2) is 10.9 Å². The maximum absolute atomic E-state index is 13.2. The largest absolute Gasteiger partial charge is 0.383 e. The number of ketones is 1. The van der Waals surface area contributed by atoms with Crippen molar-refractivity contribution >= 4 is 40.5 Å². The van der Waals surface area contributed by atoms with Crippen molar-refractivity contribution < 1.29 is 4.79 Å². The van der Waals surface area contributed by atoms with Crippen LogP contribution in [0.25, 0.3) is 0 Å². The van der Waals surface area contributed by atoms with Gasteiger partial charge in [0, 0.05) is 33.9 Å². The highest BCUT2D eigenvalue weighted by Gasteiger charge is 2.42. The summed E-state index contributed by atoms with van der Waals surface area (Å²) < 4.78 is 0. The Morgan fingerprint density at radius 2 is 1.97 bits per heavy atom. The first-order valence-electron chi connectivity index (χ1n) is 10.3. The van der Waals surface area contributed by atoms with E-state index in [1.807, 2.05) is 29.6 Å². The second-order valence-electron chi connectivity index (χ2n) is 8.83. The summed E-state index contributed by atoms with van der Waals surface area (Å²) in [7, 11) is 0. The number of nitrogens with two attached hydrogens (primary N) is 1. The van der Waals surface area contributed by atoms with Gasteiger partial charge in [-0.3, -0.25) is 4.79 Å². The molecule has 7 heteroatoms. The number of hydrogen-bond acceptors (Lipinski definition) is 7. The lowest BCUT2D eigenvalue weighted by Gasteiger charge is -2.38. The summed E-state index contributed by atoms with van der Waals surface area (Å²) in [5, 5.41) is 6.15. The smallest absolute Gasteiger partial charge is 0.191 e. The first-order valence-corrected chi connectivity index (χ1v) is 12.2. The number of nitrogens with zero attached hydrogens (tertiary/aromatic N) is 2. The lowest BCUT2D eigenvalue weighted by atomic mass is 9.70. The Bertz CT molecular complexity index is 1170. The standard InChI is InChI=1S/C24H24N4OS2/c1-24(2)11-15-18(16(29)12-24)19(17-9-6-10-30-17)20-21(25)27-23(28-22(20)26-15)31-13-14-7-4-3-5-8-14/h3-10,19H,11-13H2,1-2H3,(H3,25,26,27,28). The summed E-state index contributed by atoms with van der Waals surface area (Å²) in [6.07, 6.45) is 1.35. The summed E-state index contributed by atoms with van der Waals surface area (Å²) >= 11 is 3.21. The highest BCUT2D eigenvalue weighted by Crippen LogP contribution is 2.50. The molecule has 158 valence electrons. The second-order valence-corrected chi connectivity index (χ2v) is 10.8. The molecule has 1 atom stereocenters.